The van der Waals surface area contributed by atoms with Gasteiger partial charge in [0.1, 0.15) is 5.75 Å². The fourth-order valence-electron chi connectivity index (χ4n) is 1.55. The maximum absolute atomic E-state index is 11.0. The molecule has 0 fully saturated rings. The van der Waals surface area contributed by atoms with Crippen LogP contribution in [0, 0.1) is 17.0 Å². The van der Waals surface area contributed by atoms with Gasteiger partial charge in [0.25, 0.3) is 0 Å². The van der Waals surface area contributed by atoms with Gasteiger partial charge in [0, 0.05) is 16.6 Å². The van der Waals surface area contributed by atoms with Crippen molar-refractivity contribution in [2.75, 3.05) is 0 Å². The number of nitro benzene ring substituents is 1. The quantitative estimate of drug-likeness (QED) is 0.505. The number of halogens is 3. The van der Waals surface area contributed by atoms with E-state index in [9.17, 15) is 10.1 Å². The van der Waals surface area contributed by atoms with Crippen LogP contribution in [0.25, 0.3) is 0 Å². The summed E-state index contributed by atoms with van der Waals surface area (Å²) >= 11 is 15.0. The zero-order valence-corrected chi connectivity index (χ0v) is 13.3. The van der Waals surface area contributed by atoms with Gasteiger partial charge >= 0.3 is 5.69 Å². The Bertz CT molecular complexity index is 692. The zero-order chi connectivity index (χ0) is 14.9. The summed E-state index contributed by atoms with van der Waals surface area (Å²) in [5.41, 5.74) is 0.713. The van der Waals surface area contributed by atoms with E-state index in [0.29, 0.717) is 5.75 Å². The summed E-state index contributed by atoms with van der Waals surface area (Å²) < 4.78 is 6.46. The van der Waals surface area contributed by atoms with E-state index in [4.69, 9.17) is 27.9 Å². The average Bonchev–Trinajstić information content (AvgIpc) is 2.37. The summed E-state index contributed by atoms with van der Waals surface area (Å²) in [6.07, 6.45) is 0. The third kappa shape index (κ3) is 3.23. The van der Waals surface area contributed by atoms with Crippen molar-refractivity contribution in [3.63, 3.8) is 0 Å². The van der Waals surface area contributed by atoms with Crippen molar-refractivity contribution in [2.45, 2.75) is 6.92 Å². The van der Waals surface area contributed by atoms with Gasteiger partial charge in [-0.2, -0.15) is 0 Å². The van der Waals surface area contributed by atoms with Crippen LogP contribution in [-0.4, -0.2) is 4.92 Å². The highest BCUT2D eigenvalue weighted by Gasteiger charge is 2.19. The third-order valence-corrected chi connectivity index (χ3v) is 4.17. The van der Waals surface area contributed by atoms with Crippen molar-refractivity contribution in [3.05, 3.63) is 60.5 Å². The third-order valence-electron chi connectivity index (χ3n) is 2.56. The number of aryl methyl sites for hydroxylation is 1. The van der Waals surface area contributed by atoms with Crippen LogP contribution in [0.4, 0.5) is 5.69 Å². The highest BCUT2D eigenvalue weighted by Crippen LogP contribution is 2.38. The summed E-state index contributed by atoms with van der Waals surface area (Å²) in [7, 11) is 0. The molecule has 0 bridgehead atoms. The van der Waals surface area contributed by atoms with Crippen molar-refractivity contribution in [1.82, 2.24) is 0 Å². The summed E-state index contributed by atoms with van der Waals surface area (Å²) in [5, 5.41) is 11.3. The molecular formula is C13H8BrCl2NO3. The maximum Gasteiger partial charge on any atom is 0.313 e. The first-order chi connectivity index (χ1) is 9.38. The van der Waals surface area contributed by atoms with Crippen LogP contribution in [-0.2, 0) is 0 Å². The molecule has 20 heavy (non-hydrogen) atoms. The number of hydrogen-bond acceptors (Lipinski definition) is 3. The molecule has 0 amide bonds. The molecule has 0 saturated heterocycles. The Balaban J connectivity index is 2.44. The van der Waals surface area contributed by atoms with Gasteiger partial charge in [-0.05, 0) is 30.7 Å². The Morgan fingerprint density at radius 2 is 1.85 bits per heavy atom. The van der Waals surface area contributed by atoms with Crippen LogP contribution in [0.1, 0.15) is 5.56 Å². The Morgan fingerprint density at radius 1 is 1.20 bits per heavy atom. The van der Waals surface area contributed by atoms with Gasteiger partial charge in [0.15, 0.2) is 0 Å². The molecule has 0 aliphatic carbocycles. The largest absolute Gasteiger partial charge is 0.450 e. The molecule has 7 heteroatoms. The lowest BCUT2D eigenvalue weighted by Crippen LogP contribution is -1.94. The molecule has 2 rings (SSSR count). The van der Waals surface area contributed by atoms with Crippen molar-refractivity contribution in [3.8, 4) is 11.5 Å². The van der Waals surface area contributed by atoms with E-state index < -0.39 is 4.92 Å². The molecule has 4 nitrogen and oxygen atoms in total. The number of ether oxygens (including phenoxy) is 1. The number of hydrogen-bond donors (Lipinski definition) is 0. The van der Waals surface area contributed by atoms with Crippen LogP contribution >= 0.6 is 39.1 Å². The van der Waals surface area contributed by atoms with Crippen LogP contribution in [0.3, 0.4) is 0 Å². The lowest BCUT2D eigenvalue weighted by Gasteiger charge is -2.09. The van der Waals surface area contributed by atoms with E-state index >= 15 is 0 Å². The normalized spacial score (nSPS) is 10.4. The van der Waals surface area contributed by atoms with Crippen LogP contribution in [0.15, 0.2) is 34.8 Å². The first-order valence-electron chi connectivity index (χ1n) is 5.46. The molecule has 0 aliphatic heterocycles. The number of rotatable bonds is 3. The molecule has 0 spiro atoms. The Kier molecular flexibility index (Phi) is 4.52. The van der Waals surface area contributed by atoms with E-state index in [0.717, 1.165) is 10.0 Å². The first kappa shape index (κ1) is 15.1. The molecule has 0 saturated carbocycles. The average molecular weight is 377 g/mol. The topological polar surface area (TPSA) is 52.4 Å². The standard InChI is InChI=1S/C13H8BrCl2NO3/c1-7-4-8(2-3-9(7)14)20-13-6-11(16)10(15)5-12(13)17(18)19/h2-6H,1H3. The summed E-state index contributed by atoms with van der Waals surface area (Å²) in [6, 6.07) is 7.76. The fourth-order valence-corrected chi connectivity index (χ4v) is 2.11. The van der Waals surface area contributed by atoms with Crippen molar-refractivity contribution in [2.24, 2.45) is 0 Å². The molecule has 0 unspecified atom stereocenters. The van der Waals surface area contributed by atoms with Crippen LogP contribution in [0.2, 0.25) is 10.0 Å². The molecule has 0 atom stereocenters. The van der Waals surface area contributed by atoms with Gasteiger partial charge in [-0.1, -0.05) is 39.1 Å². The summed E-state index contributed by atoms with van der Waals surface area (Å²) in [6.45, 7) is 1.89. The molecule has 2 aromatic carbocycles. The molecular weight excluding hydrogens is 369 g/mol. The van der Waals surface area contributed by atoms with E-state index in [2.05, 4.69) is 15.9 Å². The molecule has 104 valence electrons. The highest BCUT2D eigenvalue weighted by atomic mass is 79.9. The SMILES string of the molecule is Cc1cc(Oc2cc(Cl)c(Cl)cc2[N+](=O)[O-])ccc1Br. The van der Waals surface area contributed by atoms with Crippen molar-refractivity contribution >= 4 is 44.8 Å². The Labute approximate surface area is 133 Å². The van der Waals surface area contributed by atoms with Gasteiger partial charge in [0.2, 0.25) is 5.75 Å². The van der Waals surface area contributed by atoms with E-state index in [-0.39, 0.29) is 21.5 Å². The minimum Gasteiger partial charge on any atom is -0.450 e. The molecule has 0 heterocycles. The number of nitrogens with zero attached hydrogens (tertiary/aromatic N) is 1. The lowest BCUT2D eigenvalue weighted by molar-refractivity contribution is -0.385. The van der Waals surface area contributed by atoms with E-state index in [1.54, 1.807) is 18.2 Å². The van der Waals surface area contributed by atoms with Gasteiger partial charge in [0.05, 0.1) is 15.0 Å². The fraction of sp³-hybridized carbons (Fsp3) is 0.0769. The first-order valence-corrected chi connectivity index (χ1v) is 7.01. The number of benzene rings is 2. The maximum atomic E-state index is 11.0. The Hall–Kier alpha value is -1.30. The van der Waals surface area contributed by atoms with Crippen LogP contribution in [0.5, 0.6) is 11.5 Å². The minimum absolute atomic E-state index is 0.0473. The zero-order valence-electron chi connectivity index (χ0n) is 10.2. The van der Waals surface area contributed by atoms with Gasteiger partial charge in [-0.3, -0.25) is 10.1 Å². The minimum atomic E-state index is -0.566. The second-order valence-corrected chi connectivity index (χ2v) is 5.67. The predicted molar refractivity (Wildman–Crippen MR) is 82.1 cm³/mol. The van der Waals surface area contributed by atoms with Gasteiger partial charge in [-0.25, -0.2) is 0 Å². The second kappa shape index (κ2) is 5.99. The van der Waals surface area contributed by atoms with Crippen molar-refractivity contribution < 1.29 is 9.66 Å². The van der Waals surface area contributed by atoms with E-state index in [1.165, 1.54) is 12.1 Å². The molecule has 2 aromatic rings. The molecule has 0 N–H and O–H groups in total. The highest BCUT2D eigenvalue weighted by molar-refractivity contribution is 9.10. The van der Waals surface area contributed by atoms with Gasteiger partial charge < -0.3 is 4.74 Å². The monoisotopic (exact) mass is 375 g/mol. The summed E-state index contributed by atoms with van der Waals surface area (Å²) in [4.78, 5) is 10.4. The predicted octanol–water partition coefficient (Wildman–Crippen LogP) is 5.76. The molecule has 0 aromatic heterocycles. The second-order valence-electron chi connectivity index (χ2n) is 4.00. The van der Waals surface area contributed by atoms with Crippen molar-refractivity contribution in [1.29, 1.82) is 0 Å². The molecule has 0 aliphatic rings. The summed E-state index contributed by atoms with van der Waals surface area (Å²) in [5.74, 6) is 0.526. The molecule has 0 radical (unpaired) electrons. The van der Waals surface area contributed by atoms with Crippen LogP contribution < -0.4 is 4.74 Å². The van der Waals surface area contributed by atoms with Gasteiger partial charge in [-0.15, -0.1) is 0 Å². The van der Waals surface area contributed by atoms with E-state index in [1.807, 2.05) is 6.92 Å². The number of nitro groups is 1. The smallest absolute Gasteiger partial charge is 0.313 e. The Morgan fingerprint density at radius 3 is 2.45 bits per heavy atom. The lowest BCUT2D eigenvalue weighted by atomic mass is 10.2.